The van der Waals surface area contributed by atoms with Crippen LogP contribution in [0.2, 0.25) is 0 Å². The number of hydrogen-bond acceptors (Lipinski definition) is 2. The quantitative estimate of drug-likeness (QED) is 0.864. The molecule has 2 nitrogen and oxygen atoms in total. The number of rotatable bonds is 6. The molecule has 0 bridgehead atoms. The van der Waals surface area contributed by atoms with Crippen LogP contribution in [0, 0.1) is 0 Å². The Morgan fingerprint density at radius 3 is 2.69 bits per heavy atom. The van der Waals surface area contributed by atoms with Gasteiger partial charge in [0.1, 0.15) is 0 Å². The van der Waals surface area contributed by atoms with Gasteiger partial charge in [0.15, 0.2) is 0 Å². The smallest absolute Gasteiger partial charge is 0.0241 e. The van der Waals surface area contributed by atoms with E-state index >= 15 is 0 Å². The largest absolute Gasteiger partial charge is 0.316 e. The average Bonchev–Trinajstić information content (AvgIpc) is 2.23. The minimum atomic E-state index is 0.920. The summed E-state index contributed by atoms with van der Waals surface area (Å²) >= 11 is 3.64. The van der Waals surface area contributed by atoms with Gasteiger partial charge in [0.05, 0.1) is 0 Å². The van der Waals surface area contributed by atoms with E-state index in [1.165, 1.54) is 22.0 Å². The van der Waals surface area contributed by atoms with Gasteiger partial charge in [0, 0.05) is 17.6 Å². The SMILES string of the molecule is CCCN(C)Cc1ccc(CNC)cc1Br. The molecule has 1 aromatic rings. The first-order valence-corrected chi connectivity index (χ1v) is 6.57. The molecular weight excluding hydrogens is 264 g/mol. The minimum Gasteiger partial charge on any atom is -0.316 e. The van der Waals surface area contributed by atoms with E-state index in [1.54, 1.807) is 0 Å². The minimum absolute atomic E-state index is 0.920. The third kappa shape index (κ3) is 4.24. The van der Waals surface area contributed by atoms with Crippen LogP contribution in [0.4, 0.5) is 0 Å². The number of halogens is 1. The summed E-state index contributed by atoms with van der Waals surface area (Å²) in [7, 11) is 4.13. The second-order valence-electron chi connectivity index (χ2n) is 4.19. The highest BCUT2D eigenvalue weighted by Crippen LogP contribution is 2.20. The number of benzene rings is 1. The Bertz CT molecular complexity index is 326. The number of nitrogens with one attached hydrogen (secondary N) is 1. The van der Waals surface area contributed by atoms with Crippen LogP contribution in [0.15, 0.2) is 22.7 Å². The van der Waals surface area contributed by atoms with Gasteiger partial charge >= 0.3 is 0 Å². The molecule has 0 aliphatic rings. The zero-order valence-electron chi connectivity index (χ0n) is 10.4. The predicted octanol–water partition coefficient (Wildman–Crippen LogP) is 3.01. The first kappa shape index (κ1) is 13.7. The maximum Gasteiger partial charge on any atom is 0.0241 e. The maximum absolute atomic E-state index is 3.64. The van der Waals surface area contributed by atoms with E-state index in [2.05, 4.69) is 58.3 Å². The zero-order chi connectivity index (χ0) is 12.0. The number of hydrogen-bond donors (Lipinski definition) is 1. The molecule has 0 spiro atoms. The molecule has 0 heterocycles. The van der Waals surface area contributed by atoms with Gasteiger partial charge in [-0.1, -0.05) is 35.0 Å². The van der Waals surface area contributed by atoms with Crippen molar-refractivity contribution in [1.82, 2.24) is 10.2 Å². The highest BCUT2D eigenvalue weighted by Gasteiger charge is 2.04. The van der Waals surface area contributed by atoms with Gasteiger partial charge in [-0.2, -0.15) is 0 Å². The lowest BCUT2D eigenvalue weighted by Gasteiger charge is -2.17. The van der Waals surface area contributed by atoms with Gasteiger partial charge in [-0.15, -0.1) is 0 Å². The fourth-order valence-electron chi connectivity index (χ4n) is 1.78. The second kappa shape index (κ2) is 7.05. The van der Waals surface area contributed by atoms with E-state index in [9.17, 15) is 0 Å². The fourth-order valence-corrected chi connectivity index (χ4v) is 2.34. The Hall–Kier alpha value is -0.380. The van der Waals surface area contributed by atoms with E-state index in [1.807, 2.05) is 7.05 Å². The molecule has 90 valence electrons. The first-order chi connectivity index (χ1) is 7.67. The summed E-state index contributed by atoms with van der Waals surface area (Å²) < 4.78 is 1.21. The summed E-state index contributed by atoms with van der Waals surface area (Å²) in [6.07, 6.45) is 1.20. The van der Waals surface area contributed by atoms with E-state index in [-0.39, 0.29) is 0 Å². The lowest BCUT2D eigenvalue weighted by atomic mass is 10.1. The molecule has 16 heavy (non-hydrogen) atoms. The highest BCUT2D eigenvalue weighted by molar-refractivity contribution is 9.10. The summed E-state index contributed by atoms with van der Waals surface area (Å²) in [5.41, 5.74) is 2.67. The molecule has 0 fully saturated rings. The topological polar surface area (TPSA) is 15.3 Å². The molecular formula is C13H21BrN2. The van der Waals surface area contributed by atoms with Gasteiger partial charge in [0.25, 0.3) is 0 Å². The van der Waals surface area contributed by atoms with Crippen molar-refractivity contribution in [1.29, 1.82) is 0 Å². The fraction of sp³-hybridized carbons (Fsp3) is 0.538. The molecule has 0 radical (unpaired) electrons. The third-order valence-electron chi connectivity index (χ3n) is 2.54. The van der Waals surface area contributed by atoms with Crippen LogP contribution in [0.3, 0.4) is 0 Å². The van der Waals surface area contributed by atoms with Crippen LogP contribution in [0.25, 0.3) is 0 Å². The molecule has 0 saturated carbocycles. The van der Waals surface area contributed by atoms with Crippen molar-refractivity contribution < 1.29 is 0 Å². The summed E-state index contributed by atoms with van der Waals surface area (Å²) in [5, 5.41) is 3.16. The van der Waals surface area contributed by atoms with Gasteiger partial charge in [-0.25, -0.2) is 0 Å². The van der Waals surface area contributed by atoms with Gasteiger partial charge < -0.3 is 10.2 Å². The van der Waals surface area contributed by atoms with Crippen LogP contribution in [0.1, 0.15) is 24.5 Å². The summed E-state index contributed by atoms with van der Waals surface area (Å²) in [6.45, 7) is 5.28. The molecule has 0 saturated heterocycles. The molecule has 0 unspecified atom stereocenters. The molecule has 3 heteroatoms. The Morgan fingerprint density at radius 2 is 2.12 bits per heavy atom. The van der Waals surface area contributed by atoms with E-state index in [4.69, 9.17) is 0 Å². The molecule has 0 aliphatic carbocycles. The van der Waals surface area contributed by atoms with Crippen LogP contribution < -0.4 is 5.32 Å². The van der Waals surface area contributed by atoms with Crippen molar-refractivity contribution in [3.05, 3.63) is 33.8 Å². The zero-order valence-corrected chi connectivity index (χ0v) is 12.0. The lowest BCUT2D eigenvalue weighted by Crippen LogP contribution is -2.18. The maximum atomic E-state index is 3.64. The molecule has 0 aliphatic heterocycles. The summed E-state index contributed by atoms with van der Waals surface area (Å²) in [6, 6.07) is 6.60. The van der Waals surface area contributed by atoms with E-state index in [0.29, 0.717) is 0 Å². The molecule has 0 aromatic heterocycles. The van der Waals surface area contributed by atoms with Crippen LogP contribution in [-0.2, 0) is 13.1 Å². The Kier molecular flexibility index (Phi) is 6.03. The molecule has 0 amide bonds. The summed E-state index contributed by atoms with van der Waals surface area (Å²) in [5.74, 6) is 0. The molecule has 0 atom stereocenters. The van der Waals surface area contributed by atoms with Gasteiger partial charge in [-0.05, 0) is 44.3 Å². The van der Waals surface area contributed by atoms with Crippen molar-refractivity contribution in [3.63, 3.8) is 0 Å². The Labute approximate surface area is 107 Å². The molecule has 1 rings (SSSR count). The normalized spacial score (nSPS) is 11.1. The van der Waals surface area contributed by atoms with Crippen LogP contribution in [-0.4, -0.2) is 25.5 Å². The van der Waals surface area contributed by atoms with Crippen LogP contribution >= 0.6 is 15.9 Å². The van der Waals surface area contributed by atoms with E-state index < -0.39 is 0 Å². The van der Waals surface area contributed by atoms with Crippen molar-refractivity contribution in [2.45, 2.75) is 26.4 Å². The van der Waals surface area contributed by atoms with Crippen molar-refractivity contribution in [2.75, 3.05) is 20.6 Å². The predicted molar refractivity (Wildman–Crippen MR) is 73.5 cm³/mol. The summed E-state index contributed by atoms with van der Waals surface area (Å²) in [4.78, 5) is 2.35. The average molecular weight is 285 g/mol. The van der Waals surface area contributed by atoms with Crippen molar-refractivity contribution in [2.24, 2.45) is 0 Å². The molecule has 1 N–H and O–H groups in total. The monoisotopic (exact) mass is 284 g/mol. The first-order valence-electron chi connectivity index (χ1n) is 5.77. The molecule has 1 aromatic carbocycles. The number of nitrogens with zero attached hydrogens (tertiary/aromatic N) is 1. The Morgan fingerprint density at radius 1 is 1.38 bits per heavy atom. The second-order valence-corrected chi connectivity index (χ2v) is 5.05. The third-order valence-corrected chi connectivity index (χ3v) is 3.28. The van der Waals surface area contributed by atoms with Gasteiger partial charge in [0.2, 0.25) is 0 Å². The van der Waals surface area contributed by atoms with Crippen molar-refractivity contribution >= 4 is 15.9 Å². The Balaban J connectivity index is 2.67. The highest BCUT2D eigenvalue weighted by atomic mass is 79.9. The van der Waals surface area contributed by atoms with E-state index in [0.717, 1.165) is 19.6 Å². The lowest BCUT2D eigenvalue weighted by molar-refractivity contribution is 0.327. The van der Waals surface area contributed by atoms with Gasteiger partial charge in [-0.3, -0.25) is 0 Å². The van der Waals surface area contributed by atoms with Crippen molar-refractivity contribution in [3.8, 4) is 0 Å². The standard InChI is InChI=1S/C13H21BrN2/c1-4-7-16(3)10-12-6-5-11(9-15-2)8-13(12)14/h5-6,8,15H,4,7,9-10H2,1-3H3. The van der Waals surface area contributed by atoms with Crippen LogP contribution in [0.5, 0.6) is 0 Å².